The molecule has 0 fully saturated rings. The Morgan fingerprint density at radius 3 is 2.12 bits per heavy atom. The predicted molar refractivity (Wildman–Crippen MR) is 157 cm³/mol. The molecule has 40 heavy (non-hydrogen) atoms. The van der Waals surface area contributed by atoms with Crippen LogP contribution in [0, 0.1) is 0 Å². The van der Waals surface area contributed by atoms with Crippen molar-refractivity contribution in [3.05, 3.63) is 79.1 Å². The van der Waals surface area contributed by atoms with E-state index >= 15 is 0 Å². The Morgan fingerprint density at radius 1 is 0.850 bits per heavy atom. The molecule has 0 saturated carbocycles. The minimum Gasteiger partial charge on any atom is -0.493 e. The molecule has 1 aliphatic heterocycles. The second-order valence-electron chi connectivity index (χ2n) is 10.3. The number of rotatable bonds is 9. The van der Waals surface area contributed by atoms with Gasteiger partial charge in [0, 0.05) is 61.6 Å². The number of methoxy groups -OCH3 is 2. The van der Waals surface area contributed by atoms with Crippen molar-refractivity contribution in [2.45, 2.75) is 57.5 Å². The van der Waals surface area contributed by atoms with E-state index < -0.39 is 5.92 Å². The summed E-state index contributed by atoms with van der Waals surface area (Å²) >= 11 is 19.0. The van der Waals surface area contributed by atoms with Crippen LogP contribution in [0.5, 0.6) is 11.5 Å². The third-order valence-electron chi connectivity index (χ3n) is 7.77. The van der Waals surface area contributed by atoms with E-state index in [-0.39, 0.29) is 18.2 Å². The van der Waals surface area contributed by atoms with E-state index in [1.807, 2.05) is 12.1 Å². The van der Waals surface area contributed by atoms with Gasteiger partial charge in [0.1, 0.15) is 6.61 Å². The first-order valence-corrected chi connectivity index (χ1v) is 14.7. The average Bonchev–Trinajstić information content (AvgIpc) is 2.94. The van der Waals surface area contributed by atoms with Gasteiger partial charge in [-0.1, -0.05) is 40.9 Å². The smallest absolute Gasteiger partial charge is 0.180 e. The molecule has 212 valence electrons. The van der Waals surface area contributed by atoms with Crippen LogP contribution in [0.15, 0.2) is 52.9 Å². The number of halogens is 3. The van der Waals surface area contributed by atoms with Crippen LogP contribution in [0.1, 0.15) is 62.0 Å². The Morgan fingerprint density at radius 2 is 1.52 bits per heavy atom. The molecule has 5 rings (SSSR count). The molecule has 6 nitrogen and oxygen atoms in total. The fourth-order valence-corrected chi connectivity index (χ4v) is 6.61. The number of ether oxygens (including phenoxy) is 3. The molecule has 0 amide bonds. The second kappa shape index (κ2) is 12.6. The van der Waals surface area contributed by atoms with Gasteiger partial charge in [0.15, 0.2) is 23.1 Å². The van der Waals surface area contributed by atoms with Crippen LogP contribution in [0.25, 0.3) is 0 Å². The van der Waals surface area contributed by atoms with Crippen molar-refractivity contribution in [1.29, 1.82) is 0 Å². The van der Waals surface area contributed by atoms with Crippen molar-refractivity contribution >= 4 is 46.4 Å². The summed E-state index contributed by atoms with van der Waals surface area (Å²) in [5.41, 5.74) is 5.05. The minimum atomic E-state index is -0.486. The molecule has 3 aliphatic rings. The zero-order valence-corrected chi connectivity index (χ0v) is 24.9. The van der Waals surface area contributed by atoms with Gasteiger partial charge in [-0.2, -0.15) is 0 Å². The highest BCUT2D eigenvalue weighted by molar-refractivity contribution is 6.42. The van der Waals surface area contributed by atoms with Crippen molar-refractivity contribution in [1.82, 2.24) is 4.90 Å². The molecule has 0 unspecified atom stereocenters. The Bertz CT molecular complexity index is 1360. The first-order chi connectivity index (χ1) is 19.3. The maximum Gasteiger partial charge on any atom is 0.180 e. The molecule has 0 atom stereocenters. The quantitative estimate of drug-likeness (QED) is 0.274. The highest BCUT2D eigenvalue weighted by Gasteiger charge is 2.43. The molecule has 2 aromatic carbocycles. The first kappa shape index (κ1) is 29.0. The van der Waals surface area contributed by atoms with Gasteiger partial charge in [0.25, 0.3) is 0 Å². The standard InChI is InChI=1S/C31H32Cl3NO5/c1-38-13-5-12-35-23-6-3-8-25(36)29(23)28(30-24(35)7-4-9-26(30)37)19-15-22(34)31(27(16-19)39-2)40-17-18-10-11-20(32)21(33)14-18/h10-11,14-16,28H,3-9,12-13,17H2,1-2H3. The molecule has 1 heterocycles. The molecular formula is C31H32Cl3NO5. The molecular weight excluding hydrogens is 573 g/mol. The summed E-state index contributed by atoms with van der Waals surface area (Å²) < 4.78 is 17.1. The van der Waals surface area contributed by atoms with Gasteiger partial charge < -0.3 is 19.1 Å². The lowest BCUT2D eigenvalue weighted by molar-refractivity contribution is -0.117. The average molecular weight is 605 g/mol. The van der Waals surface area contributed by atoms with Gasteiger partial charge in [-0.25, -0.2) is 0 Å². The summed E-state index contributed by atoms with van der Waals surface area (Å²) in [6.07, 6.45) is 4.93. The molecule has 0 spiro atoms. The van der Waals surface area contributed by atoms with Crippen LogP contribution in [0.3, 0.4) is 0 Å². The largest absolute Gasteiger partial charge is 0.493 e. The SMILES string of the molecule is COCCCN1C2=C(C(=O)CCC2)C(c2cc(Cl)c(OCc3ccc(Cl)c(Cl)c3)c(OC)c2)C2=C1CCCC2=O. The molecule has 2 aliphatic carbocycles. The van der Waals surface area contributed by atoms with Crippen LogP contribution in [-0.4, -0.2) is 43.8 Å². The van der Waals surface area contributed by atoms with E-state index in [2.05, 4.69) is 4.90 Å². The Hall–Kier alpha value is -2.51. The maximum absolute atomic E-state index is 13.5. The lowest BCUT2D eigenvalue weighted by Gasteiger charge is -2.44. The fourth-order valence-electron chi connectivity index (χ4n) is 6.02. The molecule has 2 aromatic rings. The van der Waals surface area contributed by atoms with Gasteiger partial charge in [0.2, 0.25) is 0 Å². The van der Waals surface area contributed by atoms with E-state index in [1.54, 1.807) is 32.4 Å². The number of hydrogen-bond donors (Lipinski definition) is 0. The van der Waals surface area contributed by atoms with E-state index in [0.29, 0.717) is 63.7 Å². The number of Topliss-reactive ketones (excluding diaryl/α,β-unsaturated/α-hetero) is 2. The van der Waals surface area contributed by atoms with Gasteiger partial charge in [-0.15, -0.1) is 0 Å². The van der Waals surface area contributed by atoms with Crippen molar-refractivity contribution in [3.63, 3.8) is 0 Å². The Kier molecular flexibility index (Phi) is 9.11. The van der Waals surface area contributed by atoms with E-state index in [9.17, 15) is 9.59 Å². The zero-order valence-electron chi connectivity index (χ0n) is 22.7. The van der Waals surface area contributed by atoms with Gasteiger partial charge in [0.05, 0.1) is 22.2 Å². The van der Waals surface area contributed by atoms with Crippen LogP contribution >= 0.6 is 34.8 Å². The van der Waals surface area contributed by atoms with Crippen LogP contribution in [0.4, 0.5) is 0 Å². The van der Waals surface area contributed by atoms with Crippen LogP contribution in [0.2, 0.25) is 15.1 Å². The van der Waals surface area contributed by atoms with E-state index in [1.165, 1.54) is 0 Å². The third kappa shape index (κ3) is 5.64. The molecule has 0 saturated heterocycles. The van der Waals surface area contributed by atoms with Gasteiger partial charge in [-0.3, -0.25) is 9.59 Å². The summed E-state index contributed by atoms with van der Waals surface area (Å²) in [7, 11) is 3.23. The number of nitrogens with zero attached hydrogens (tertiary/aromatic N) is 1. The molecule has 0 aromatic heterocycles. The molecule has 0 radical (unpaired) electrons. The fraction of sp³-hybridized carbons (Fsp3) is 0.419. The lowest BCUT2D eigenvalue weighted by Crippen LogP contribution is -2.39. The van der Waals surface area contributed by atoms with Crippen molar-refractivity contribution in [3.8, 4) is 11.5 Å². The summed E-state index contributed by atoms with van der Waals surface area (Å²) in [5.74, 6) is 0.496. The summed E-state index contributed by atoms with van der Waals surface area (Å²) in [6, 6.07) is 8.93. The number of hydrogen-bond acceptors (Lipinski definition) is 6. The summed E-state index contributed by atoms with van der Waals surface area (Å²) in [6.45, 7) is 1.53. The third-order valence-corrected chi connectivity index (χ3v) is 8.79. The minimum absolute atomic E-state index is 0.0861. The lowest BCUT2D eigenvalue weighted by atomic mass is 9.71. The Balaban J connectivity index is 1.56. The topological polar surface area (TPSA) is 65.1 Å². The van der Waals surface area contributed by atoms with Crippen molar-refractivity contribution in [2.75, 3.05) is 27.4 Å². The zero-order chi connectivity index (χ0) is 28.4. The monoisotopic (exact) mass is 603 g/mol. The van der Waals surface area contributed by atoms with Crippen LogP contribution < -0.4 is 9.47 Å². The second-order valence-corrected chi connectivity index (χ2v) is 11.5. The normalized spacial score (nSPS) is 17.8. The number of carbonyl (C=O) groups excluding carboxylic acids is 2. The molecule has 9 heteroatoms. The highest BCUT2D eigenvalue weighted by Crippen LogP contribution is 2.51. The highest BCUT2D eigenvalue weighted by atomic mass is 35.5. The molecule has 0 bridgehead atoms. The number of benzene rings is 2. The number of carbonyl (C=O) groups is 2. The van der Waals surface area contributed by atoms with Crippen molar-refractivity contribution in [2.24, 2.45) is 0 Å². The van der Waals surface area contributed by atoms with Gasteiger partial charge >= 0.3 is 0 Å². The van der Waals surface area contributed by atoms with Crippen LogP contribution in [-0.2, 0) is 20.9 Å². The van der Waals surface area contributed by atoms with E-state index in [4.69, 9.17) is 49.0 Å². The van der Waals surface area contributed by atoms with Crippen molar-refractivity contribution < 1.29 is 23.8 Å². The maximum atomic E-state index is 13.5. The molecule has 0 N–H and O–H groups in total. The van der Waals surface area contributed by atoms with Gasteiger partial charge in [-0.05, 0) is 67.5 Å². The number of allylic oxidation sites excluding steroid dienone is 4. The Labute approximate surface area is 249 Å². The summed E-state index contributed by atoms with van der Waals surface area (Å²) in [4.78, 5) is 29.3. The summed E-state index contributed by atoms with van der Waals surface area (Å²) in [5, 5.41) is 1.24. The number of ketones is 2. The predicted octanol–water partition coefficient (Wildman–Crippen LogP) is 7.68. The first-order valence-electron chi connectivity index (χ1n) is 13.6. The van der Waals surface area contributed by atoms with E-state index in [0.717, 1.165) is 54.6 Å².